The van der Waals surface area contributed by atoms with Gasteiger partial charge < -0.3 is 4.57 Å². The highest BCUT2D eigenvalue weighted by Crippen LogP contribution is 2.41. The summed E-state index contributed by atoms with van der Waals surface area (Å²) >= 11 is 0. The molecule has 0 unspecified atom stereocenters. The molecule has 7 aromatic carbocycles. The molecule has 0 spiro atoms. The van der Waals surface area contributed by atoms with Crippen molar-refractivity contribution in [3.05, 3.63) is 151 Å². The Labute approximate surface area is 233 Å². The van der Waals surface area contributed by atoms with E-state index in [2.05, 4.69) is 157 Å². The summed E-state index contributed by atoms with van der Waals surface area (Å²) in [7, 11) is 0. The lowest BCUT2D eigenvalue weighted by molar-refractivity contribution is 1.18. The number of benzene rings is 7. The lowest BCUT2D eigenvalue weighted by Gasteiger charge is -2.15. The predicted molar refractivity (Wildman–Crippen MR) is 171 cm³/mol. The quantitative estimate of drug-likeness (QED) is 0.209. The molecule has 8 rings (SSSR count). The lowest BCUT2D eigenvalue weighted by atomic mass is 9.88. The fourth-order valence-electron chi connectivity index (χ4n) is 6.50. The van der Waals surface area contributed by atoms with E-state index in [0.29, 0.717) is 0 Å². The van der Waals surface area contributed by atoms with Gasteiger partial charge in [-0.2, -0.15) is 0 Å². The van der Waals surface area contributed by atoms with Crippen molar-refractivity contribution < 1.29 is 0 Å². The fraction of sp³-hybridized carbons (Fsp3) is 0.0256. The Hall–Kier alpha value is -5.14. The van der Waals surface area contributed by atoms with Crippen LogP contribution < -0.4 is 0 Å². The van der Waals surface area contributed by atoms with Gasteiger partial charge in [0.15, 0.2) is 0 Å². The van der Waals surface area contributed by atoms with Crippen LogP contribution in [0.5, 0.6) is 0 Å². The topological polar surface area (TPSA) is 4.93 Å². The van der Waals surface area contributed by atoms with Crippen LogP contribution in [-0.2, 0) is 0 Å². The number of aromatic nitrogens is 1. The summed E-state index contributed by atoms with van der Waals surface area (Å²) in [4.78, 5) is 0. The Bertz CT molecular complexity index is 2140. The van der Waals surface area contributed by atoms with E-state index in [1.165, 1.54) is 76.9 Å². The van der Waals surface area contributed by atoms with Crippen molar-refractivity contribution in [2.75, 3.05) is 0 Å². The first-order chi connectivity index (χ1) is 19.8. The number of para-hydroxylation sites is 1. The molecule has 8 aromatic rings. The number of nitrogens with zero attached hydrogens (tertiary/aromatic N) is 1. The molecule has 0 amide bonds. The van der Waals surface area contributed by atoms with Crippen LogP contribution in [0.4, 0.5) is 0 Å². The number of rotatable bonds is 3. The third-order valence-corrected chi connectivity index (χ3v) is 8.39. The largest absolute Gasteiger partial charge is 0.309 e. The van der Waals surface area contributed by atoms with E-state index < -0.39 is 0 Å². The van der Waals surface area contributed by atoms with Crippen LogP contribution in [0, 0.1) is 6.92 Å². The average Bonchev–Trinajstić information content (AvgIpc) is 3.36. The first-order valence-electron chi connectivity index (χ1n) is 13.9. The van der Waals surface area contributed by atoms with Gasteiger partial charge >= 0.3 is 0 Å². The smallest absolute Gasteiger partial charge is 0.0541 e. The molecule has 0 fully saturated rings. The minimum Gasteiger partial charge on any atom is -0.309 e. The molecule has 0 aliphatic rings. The molecule has 188 valence electrons. The first kappa shape index (κ1) is 22.8. The number of hydrogen-bond acceptors (Lipinski definition) is 0. The maximum atomic E-state index is 2.40. The Kier molecular flexibility index (Phi) is 5.11. The van der Waals surface area contributed by atoms with Crippen molar-refractivity contribution in [1.29, 1.82) is 0 Å². The van der Waals surface area contributed by atoms with E-state index in [4.69, 9.17) is 0 Å². The number of fused-ring (bicyclic) bond motifs is 5. The molecule has 1 aromatic heterocycles. The number of aryl methyl sites for hydroxylation is 1. The third-order valence-electron chi connectivity index (χ3n) is 8.39. The molecule has 0 aliphatic carbocycles. The summed E-state index contributed by atoms with van der Waals surface area (Å²) in [5, 5.41) is 7.78. The van der Waals surface area contributed by atoms with Crippen LogP contribution in [0.2, 0.25) is 0 Å². The van der Waals surface area contributed by atoms with Gasteiger partial charge in [-0.05, 0) is 86.6 Å². The second-order valence-electron chi connectivity index (χ2n) is 10.6. The van der Waals surface area contributed by atoms with Gasteiger partial charge in [0.1, 0.15) is 0 Å². The van der Waals surface area contributed by atoms with Crippen LogP contribution in [0.15, 0.2) is 146 Å². The second-order valence-corrected chi connectivity index (χ2v) is 10.6. The van der Waals surface area contributed by atoms with Gasteiger partial charge in [-0.1, -0.05) is 115 Å². The summed E-state index contributed by atoms with van der Waals surface area (Å²) in [6.45, 7) is 2.24. The molecule has 1 heterocycles. The molecule has 0 aliphatic heterocycles. The molecular weight excluding hydrogens is 482 g/mol. The predicted octanol–water partition coefficient (Wildman–Crippen LogP) is 10.7. The van der Waals surface area contributed by atoms with Gasteiger partial charge in [0, 0.05) is 16.5 Å². The van der Waals surface area contributed by atoms with Crippen molar-refractivity contribution in [3.63, 3.8) is 0 Å². The standard InChI is InChI=1S/C39H27N/c1-26-31-13-5-7-16-34(31)39(35-17-8-6-14-32(26)35)29-21-24-38-36(25-29)33-15-9-10-18-37(33)40(38)30-22-19-28(20-23-30)27-11-3-2-4-12-27/h2-25H,1H3. The third kappa shape index (κ3) is 3.41. The van der Waals surface area contributed by atoms with E-state index >= 15 is 0 Å². The molecule has 0 radical (unpaired) electrons. The highest BCUT2D eigenvalue weighted by Gasteiger charge is 2.17. The Morgan fingerprint density at radius 1 is 0.375 bits per heavy atom. The zero-order valence-corrected chi connectivity index (χ0v) is 22.3. The van der Waals surface area contributed by atoms with Crippen molar-refractivity contribution >= 4 is 43.4 Å². The van der Waals surface area contributed by atoms with Gasteiger partial charge in [0.2, 0.25) is 0 Å². The lowest BCUT2D eigenvalue weighted by Crippen LogP contribution is -1.94. The molecule has 0 N–H and O–H groups in total. The summed E-state index contributed by atoms with van der Waals surface area (Å²) in [6.07, 6.45) is 0. The molecule has 0 bridgehead atoms. The van der Waals surface area contributed by atoms with E-state index in [0.717, 1.165) is 0 Å². The summed E-state index contributed by atoms with van der Waals surface area (Å²) in [5.74, 6) is 0. The highest BCUT2D eigenvalue weighted by atomic mass is 15.0. The minimum absolute atomic E-state index is 1.17. The van der Waals surface area contributed by atoms with Gasteiger partial charge in [-0.15, -0.1) is 0 Å². The Morgan fingerprint density at radius 3 is 1.55 bits per heavy atom. The molecule has 1 nitrogen and oxygen atoms in total. The maximum absolute atomic E-state index is 2.40. The zero-order chi connectivity index (χ0) is 26.6. The van der Waals surface area contributed by atoms with E-state index in [1.54, 1.807) is 0 Å². The van der Waals surface area contributed by atoms with Gasteiger partial charge in [-0.3, -0.25) is 0 Å². The highest BCUT2D eigenvalue weighted by molar-refractivity contribution is 6.17. The molecule has 0 atom stereocenters. The maximum Gasteiger partial charge on any atom is 0.0541 e. The van der Waals surface area contributed by atoms with Gasteiger partial charge in [0.25, 0.3) is 0 Å². The summed E-state index contributed by atoms with van der Waals surface area (Å²) in [5.41, 5.74) is 9.98. The van der Waals surface area contributed by atoms with E-state index in [-0.39, 0.29) is 0 Å². The monoisotopic (exact) mass is 509 g/mol. The van der Waals surface area contributed by atoms with Crippen LogP contribution in [-0.4, -0.2) is 4.57 Å². The van der Waals surface area contributed by atoms with Crippen molar-refractivity contribution in [1.82, 2.24) is 4.57 Å². The van der Waals surface area contributed by atoms with Crippen LogP contribution in [0.1, 0.15) is 5.56 Å². The summed E-state index contributed by atoms with van der Waals surface area (Å²) < 4.78 is 2.40. The zero-order valence-electron chi connectivity index (χ0n) is 22.3. The van der Waals surface area contributed by atoms with Crippen LogP contribution >= 0.6 is 0 Å². The van der Waals surface area contributed by atoms with Crippen molar-refractivity contribution in [3.8, 4) is 27.9 Å². The fourth-order valence-corrected chi connectivity index (χ4v) is 6.50. The van der Waals surface area contributed by atoms with Gasteiger partial charge in [-0.25, -0.2) is 0 Å². The normalized spacial score (nSPS) is 11.6. The van der Waals surface area contributed by atoms with Crippen LogP contribution in [0.25, 0.3) is 71.3 Å². The van der Waals surface area contributed by atoms with Crippen molar-refractivity contribution in [2.24, 2.45) is 0 Å². The number of hydrogen-bond donors (Lipinski definition) is 0. The summed E-state index contributed by atoms with van der Waals surface area (Å²) in [6, 6.07) is 52.9. The molecule has 0 saturated carbocycles. The molecule has 1 heteroatoms. The van der Waals surface area contributed by atoms with E-state index in [1.807, 2.05) is 0 Å². The van der Waals surface area contributed by atoms with Gasteiger partial charge in [0.05, 0.1) is 11.0 Å². The average molecular weight is 510 g/mol. The SMILES string of the molecule is Cc1c2ccccc2c(-c2ccc3c(c2)c2ccccc2n3-c2ccc(-c3ccccc3)cc2)c2ccccc12. The molecule has 0 saturated heterocycles. The second kappa shape index (κ2) is 8.97. The molecular formula is C39H27N. The van der Waals surface area contributed by atoms with Crippen LogP contribution in [0.3, 0.4) is 0 Å². The van der Waals surface area contributed by atoms with E-state index in [9.17, 15) is 0 Å². The first-order valence-corrected chi connectivity index (χ1v) is 13.9. The Balaban J connectivity index is 1.38. The molecule has 40 heavy (non-hydrogen) atoms. The minimum atomic E-state index is 1.17. The Morgan fingerprint density at radius 2 is 0.875 bits per heavy atom. The van der Waals surface area contributed by atoms with Crippen molar-refractivity contribution in [2.45, 2.75) is 6.92 Å².